The fraction of sp³-hybridized carbons (Fsp3) is 0.650. The summed E-state index contributed by atoms with van der Waals surface area (Å²) in [4.78, 5) is 4.68. The number of rotatable bonds is 9. The molecule has 0 bridgehead atoms. The Morgan fingerprint density at radius 1 is 1.00 bits per heavy atom. The second kappa shape index (κ2) is 12.9. The van der Waals surface area contributed by atoms with Crippen molar-refractivity contribution in [3.05, 3.63) is 17.7 Å². The average Bonchev–Trinajstić information content (AvgIpc) is 2.64. The van der Waals surface area contributed by atoms with Crippen molar-refractivity contribution in [3.8, 4) is 17.2 Å². The summed E-state index contributed by atoms with van der Waals surface area (Å²) in [5.41, 5.74) is 0.888. The van der Waals surface area contributed by atoms with E-state index in [0.717, 1.165) is 12.1 Å². The molecule has 0 spiro atoms. The van der Waals surface area contributed by atoms with E-state index in [9.17, 15) is 0 Å². The highest BCUT2D eigenvalue weighted by Crippen LogP contribution is 2.34. The van der Waals surface area contributed by atoms with Crippen LogP contribution >= 0.6 is 24.0 Å². The fourth-order valence-electron chi connectivity index (χ4n) is 2.67. The molecule has 0 saturated carbocycles. The minimum absolute atomic E-state index is 0. The Morgan fingerprint density at radius 3 is 1.96 bits per heavy atom. The summed E-state index contributed by atoms with van der Waals surface area (Å²) in [6, 6.07) is 3.66. The fourth-order valence-corrected chi connectivity index (χ4v) is 2.67. The van der Waals surface area contributed by atoms with Gasteiger partial charge in [-0.05, 0) is 12.3 Å². The topological polar surface area (TPSA) is 73.3 Å². The van der Waals surface area contributed by atoms with E-state index in [4.69, 9.17) is 18.9 Å². The van der Waals surface area contributed by atoms with Crippen molar-refractivity contribution in [1.29, 1.82) is 0 Å². The third-order valence-corrected chi connectivity index (χ3v) is 4.26. The van der Waals surface area contributed by atoms with Gasteiger partial charge in [-0.2, -0.15) is 0 Å². The Bertz CT molecular complexity index is 593. The summed E-state index contributed by atoms with van der Waals surface area (Å²) >= 11 is 0. The maximum Gasteiger partial charge on any atom is 0.191 e. The minimum Gasteiger partial charge on any atom is -0.496 e. The van der Waals surface area contributed by atoms with Crippen LogP contribution in [0.4, 0.5) is 0 Å². The molecule has 162 valence electrons. The Hall–Kier alpha value is -1.42. The molecule has 0 heterocycles. The summed E-state index contributed by atoms with van der Waals surface area (Å²) in [5, 5.41) is 6.61. The zero-order chi connectivity index (χ0) is 20.4. The lowest BCUT2D eigenvalue weighted by atomic mass is 9.89. The average molecular weight is 509 g/mol. The number of nitrogens with one attached hydrogen (secondary N) is 2. The summed E-state index contributed by atoms with van der Waals surface area (Å²) in [6.07, 6.45) is 0.0615. The number of halogens is 1. The molecule has 0 aromatic heterocycles. The van der Waals surface area contributed by atoms with Crippen molar-refractivity contribution < 1.29 is 18.9 Å². The van der Waals surface area contributed by atoms with Crippen molar-refractivity contribution in [2.24, 2.45) is 10.4 Å². The van der Waals surface area contributed by atoms with E-state index in [1.807, 2.05) is 19.1 Å². The molecular formula is C20H36IN3O4. The van der Waals surface area contributed by atoms with Crippen molar-refractivity contribution in [2.45, 2.75) is 40.3 Å². The van der Waals surface area contributed by atoms with Crippen LogP contribution in [0, 0.1) is 5.41 Å². The van der Waals surface area contributed by atoms with E-state index in [1.165, 1.54) is 0 Å². The van der Waals surface area contributed by atoms with Crippen LogP contribution in [0.1, 0.15) is 33.3 Å². The van der Waals surface area contributed by atoms with E-state index < -0.39 is 0 Å². The van der Waals surface area contributed by atoms with Gasteiger partial charge in [0.15, 0.2) is 5.96 Å². The molecule has 0 aliphatic heterocycles. The van der Waals surface area contributed by atoms with Crippen molar-refractivity contribution in [2.75, 3.05) is 41.5 Å². The molecule has 7 nitrogen and oxygen atoms in total. The predicted molar refractivity (Wildman–Crippen MR) is 125 cm³/mol. The van der Waals surface area contributed by atoms with Crippen LogP contribution in [0.25, 0.3) is 0 Å². The van der Waals surface area contributed by atoms with Gasteiger partial charge in [0.25, 0.3) is 0 Å². The monoisotopic (exact) mass is 509 g/mol. The van der Waals surface area contributed by atoms with Gasteiger partial charge < -0.3 is 29.6 Å². The molecule has 1 atom stereocenters. The number of guanidine groups is 1. The van der Waals surface area contributed by atoms with Crippen LogP contribution < -0.4 is 24.8 Å². The summed E-state index contributed by atoms with van der Waals surface area (Å²) < 4.78 is 21.9. The van der Waals surface area contributed by atoms with Gasteiger partial charge in [0.1, 0.15) is 17.2 Å². The number of hydrogen-bond donors (Lipinski definition) is 2. The van der Waals surface area contributed by atoms with E-state index >= 15 is 0 Å². The lowest BCUT2D eigenvalue weighted by Gasteiger charge is -2.30. The normalized spacial score (nSPS) is 12.6. The van der Waals surface area contributed by atoms with Gasteiger partial charge in [0.2, 0.25) is 0 Å². The Labute approximate surface area is 186 Å². The number of methoxy groups -OCH3 is 4. The van der Waals surface area contributed by atoms with Crippen LogP contribution in [0.15, 0.2) is 17.1 Å². The quantitative estimate of drug-likeness (QED) is 0.302. The molecule has 0 aliphatic rings. The predicted octanol–water partition coefficient (Wildman–Crippen LogP) is 3.45. The maximum atomic E-state index is 5.61. The summed E-state index contributed by atoms with van der Waals surface area (Å²) in [6.45, 7) is 10.3. The number of benzene rings is 1. The van der Waals surface area contributed by atoms with E-state index in [-0.39, 0.29) is 35.5 Å². The molecular weight excluding hydrogens is 473 g/mol. The van der Waals surface area contributed by atoms with Gasteiger partial charge in [-0.1, -0.05) is 20.8 Å². The zero-order valence-corrected chi connectivity index (χ0v) is 20.7. The van der Waals surface area contributed by atoms with Crippen LogP contribution in [-0.4, -0.2) is 53.6 Å². The lowest BCUT2D eigenvalue weighted by Crippen LogP contribution is -2.45. The van der Waals surface area contributed by atoms with Crippen LogP contribution in [0.2, 0.25) is 0 Å². The van der Waals surface area contributed by atoms with Gasteiger partial charge in [0.05, 0.1) is 39.5 Å². The Morgan fingerprint density at radius 2 is 1.57 bits per heavy atom. The third kappa shape index (κ3) is 7.90. The first-order valence-electron chi connectivity index (χ1n) is 9.14. The summed E-state index contributed by atoms with van der Waals surface area (Å²) in [5.74, 6) is 2.74. The highest BCUT2D eigenvalue weighted by atomic mass is 127. The second-order valence-electron chi connectivity index (χ2n) is 7.18. The van der Waals surface area contributed by atoms with Crippen LogP contribution in [0.3, 0.4) is 0 Å². The molecule has 1 unspecified atom stereocenters. The third-order valence-electron chi connectivity index (χ3n) is 4.26. The molecule has 0 radical (unpaired) electrons. The van der Waals surface area contributed by atoms with Gasteiger partial charge in [-0.25, -0.2) is 4.99 Å². The number of ether oxygens (including phenoxy) is 4. The molecule has 8 heteroatoms. The molecule has 1 rings (SSSR count). The summed E-state index contributed by atoms with van der Waals surface area (Å²) in [7, 11) is 6.59. The lowest BCUT2D eigenvalue weighted by molar-refractivity contribution is 0.0205. The van der Waals surface area contributed by atoms with Crippen molar-refractivity contribution in [3.63, 3.8) is 0 Å². The van der Waals surface area contributed by atoms with Gasteiger partial charge in [-0.15, -0.1) is 24.0 Å². The van der Waals surface area contributed by atoms with E-state index in [2.05, 4.69) is 36.4 Å². The molecule has 0 amide bonds. The first kappa shape index (κ1) is 26.6. The molecule has 0 aliphatic carbocycles. The van der Waals surface area contributed by atoms with E-state index in [1.54, 1.807) is 28.4 Å². The molecule has 0 saturated heterocycles. The van der Waals surface area contributed by atoms with Crippen LogP contribution in [-0.2, 0) is 11.3 Å². The smallest absolute Gasteiger partial charge is 0.191 e. The largest absolute Gasteiger partial charge is 0.496 e. The number of hydrogen-bond acceptors (Lipinski definition) is 5. The molecule has 0 fully saturated rings. The zero-order valence-electron chi connectivity index (χ0n) is 18.3. The Kier molecular flexibility index (Phi) is 12.3. The SMILES string of the molecule is CCNC(=NCc1c(OC)cc(OC)cc1OC)NCC(OC)C(C)(C)C.I. The highest BCUT2D eigenvalue weighted by Gasteiger charge is 2.24. The first-order valence-corrected chi connectivity index (χ1v) is 9.14. The van der Waals surface area contributed by atoms with Crippen molar-refractivity contribution >= 4 is 29.9 Å². The van der Waals surface area contributed by atoms with Crippen molar-refractivity contribution in [1.82, 2.24) is 10.6 Å². The second-order valence-corrected chi connectivity index (χ2v) is 7.18. The van der Waals surface area contributed by atoms with Crippen LogP contribution in [0.5, 0.6) is 17.2 Å². The minimum atomic E-state index is 0. The van der Waals surface area contributed by atoms with Gasteiger partial charge in [-0.3, -0.25) is 0 Å². The highest BCUT2D eigenvalue weighted by molar-refractivity contribution is 14.0. The van der Waals surface area contributed by atoms with E-state index in [0.29, 0.717) is 36.3 Å². The molecule has 2 N–H and O–H groups in total. The van der Waals surface area contributed by atoms with Gasteiger partial charge >= 0.3 is 0 Å². The first-order chi connectivity index (χ1) is 12.8. The standard InChI is InChI=1S/C20H35N3O4.HI/c1-9-21-19(23-13-18(27-8)20(2,3)4)22-12-15-16(25-6)10-14(24-5)11-17(15)26-7;/h10-11,18H,9,12-13H2,1-8H3,(H2,21,22,23);1H. The van der Waals surface area contributed by atoms with Gasteiger partial charge in [0, 0.05) is 32.3 Å². The maximum absolute atomic E-state index is 5.61. The number of nitrogens with zero attached hydrogens (tertiary/aromatic N) is 1. The molecule has 1 aromatic rings. The molecule has 28 heavy (non-hydrogen) atoms. The molecule has 1 aromatic carbocycles. The number of aliphatic imine (C=N–C) groups is 1. The Balaban J connectivity index is 0.00000729.